The van der Waals surface area contributed by atoms with Crippen molar-refractivity contribution in [1.29, 1.82) is 0 Å². The molecule has 260 valence electrons. The first-order valence-corrected chi connectivity index (χ1v) is 19.8. The SMILES string of the molecule is C1=CC2c3ccccc3N(c3ccccc3-c3ccc(N(c4ccc(-c5ccccc5)cc4)c4ccc5sc6ccccc6c5c4)c4ccccc34)C2C=C1. The van der Waals surface area contributed by atoms with Gasteiger partial charge in [-0.1, -0.05) is 152 Å². The summed E-state index contributed by atoms with van der Waals surface area (Å²) in [6, 6.07) is 67.1. The van der Waals surface area contributed by atoms with E-state index in [0.29, 0.717) is 5.92 Å². The van der Waals surface area contributed by atoms with E-state index < -0.39 is 0 Å². The van der Waals surface area contributed by atoms with Gasteiger partial charge in [0.2, 0.25) is 0 Å². The fourth-order valence-corrected chi connectivity index (χ4v) is 9.99. The molecule has 0 amide bonds. The van der Waals surface area contributed by atoms with Gasteiger partial charge >= 0.3 is 0 Å². The fraction of sp³-hybridized carbons (Fsp3) is 0.0385. The predicted octanol–water partition coefficient (Wildman–Crippen LogP) is 14.7. The maximum absolute atomic E-state index is 2.55. The van der Waals surface area contributed by atoms with Crippen LogP contribution < -0.4 is 9.80 Å². The highest BCUT2D eigenvalue weighted by Crippen LogP contribution is 2.51. The Labute approximate surface area is 325 Å². The van der Waals surface area contributed by atoms with Crippen LogP contribution in [0.25, 0.3) is 53.2 Å². The van der Waals surface area contributed by atoms with Gasteiger partial charge in [0.1, 0.15) is 0 Å². The van der Waals surface area contributed by atoms with Crippen LogP contribution in [0.2, 0.25) is 0 Å². The van der Waals surface area contributed by atoms with E-state index in [9.17, 15) is 0 Å². The Morgan fingerprint density at radius 2 is 1.09 bits per heavy atom. The molecule has 1 aromatic heterocycles. The average molecular weight is 721 g/mol. The van der Waals surface area contributed by atoms with Crippen molar-refractivity contribution < 1.29 is 0 Å². The number of hydrogen-bond donors (Lipinski definition) is 0. The van der Waals surface area contributed by atoms with E-state index >= 15 is 0 Å². The lowest BCUT2D eigenvalue weighted by molar-refractivity contribution is 0.745. The molecule has 0 saturated carbocycles. The van der Waals surface area contributed by atoms with Gasteiger partial charge in [-0.25, -0.2) is 0 Å². The number of para-hydroxylation sites is 2. The molecule has 1 aliphatic carbocycles. The van der Waals surface area contributed by atoms with Crippen molar-refractivity contribution in [2.45, 2.75) is 12.0 Å². The molecule has 0 N–H and O–H groups in total. The van der Waals surface area contributed by atoms with Gasteiger partial charge in [-0.3, -0.25) is 0 Å². The highest BCUT2D eigenvalue weighted by molar-refractivity contribution is 7.25. The first-order valence-electron chi connectivity index (χ1n) is 19.0. The van der Waals surface area contributed by atoms with Gasteiger partial charge in [0.15, 0.2) is 0 Å². The van der Waals surface area contributed by atoms with Gasteiger partial charge in [-0.05, 0) is 82.2 Å². The van der Waals surface area contributed by atoms with E-state index in [4.69, 9.17) is 0 Å². The lowest BCUT2D eigenvalue weighted by Crippen LogP contribution is -2.28. The smallest absolute Gasteiger partial charge is 0.0629 e. The minimum atomic E-state index is 0.228. The number of benzene rings is 8. The zero-order valence-electron chi connectivity index (χ0n) is 30.1. The van der Waals surface area contributed by atoms with E-state index in [-0.39, 0.29) is 6.04 Å². The Morgan fingerprint density at radius 3 is 1.96 bits per heavy atom. The van der Waals surface area contributed by atoms with E-state index in [0.717, 1.165) is 17.1 Å². The van der Waals surface area contributed by atoms with Gasteiger partial charge in [-0.15, -0.1) is 11.3 Å². The molecule has 0 bridgehead atoms. The molecule has 2 unspecified atom stereocenters. The standard InChI is InChI=1S/C52H36N2S/c1-2-14-35(15-3-1)36-26-28-37(29-27-36)53(38-30-33-52-46(34-38)45-21-9-13-25-51(45)55-52)50-32-31-40(39-16-4-5-17-41(39)50)42-18-6-10-22-47(42)54-48-23-11-7-19-43(48)44-20-8-12-24-49(44)54/h1-34,43,48H. The van der Waals surface area contributed by atoms with Gasteiger partial charge in [0.25, 0.3) is 0 Å². The zero-order valence-corrected chi connectivity index (χ0v) is 30.9. The van der Waals surface area contributed by atoms with Crippen LogP contribution >= 0.6 is 11.3 Å². The minimum Gasteiger partial charge on any atom is -0.333 e. The predicted molar refractivity (Wildman–Crippen MR) is 236 cm³/mol. The molecule has 9 aromatic rings. The van der Waals surface area contributed by atoms with Crippen LogP contribution in [0.1, 0.15) is 11.5 Å². The first-order chi connectivity index (χ1) is 27.3. The molecule has 0 fully saturated rings. The Balaban J connectivity index is 1.10. The molecule has 1 aliphatic heterocycles. The third kappa shape index (κ3) is 5.23. The highest BCUT2D eigenvalue weighted by Gasteiger charge is 2.38. The van der Waals surface area contributed by atoms with Crippen molar-refractivity contribution in [2.24, 2.45) is 0 Å². The number of thiophene rings is 1. The van der Waals surface area contributed by atoms with Gasteiger partial charge in [0, 0.05) is 59.8 Å². The molecule has 2 aliphatic rings. The molecule has 0 radical (unpaired) electrons. The number of nitrogens with zero attached hydrogens (tertiary/aromatic N) is 2. The quantitative estimate of drug-likeness (QED) is 0.169. The number of fused-ring (bicyclic) bond motifs is 7. The third-order valence-corrected chi connectivity index (χ3v) is 12.6. The Morgan fingerprint density at radius 1 is 0.436 bits per heavy atom. The summed E-state index contributed by atoms with van der Waals surface area (Å²) < 4.78 is 2.61. The van der Waals surface area contributed by atoms with Crippen LogP contribution in [0.5, 0.6) is 0 Å². The summed E-state index contributed by atoms with van der Waals surface area (Å²) in [5, 5.41) is 5.02. The summed E-state index contributed by atoms with van der Waals surface area (Å²) in [6.07, 6.45) is 9.11. The molecule has 55 heavy (non-hydrogen) atoms. The van der Waals surface area contributed by atoms with Crippen LogP contribution in [0, 0.1) is 0 Å². The topological polar surface area (TPSA) is 6.48 Å². The van der Waals surface area contributed by atoms with Gasteiger partial charge in [0.05, 0.1) is 11.7 Å². The maximum atomic E-state index is 2.55. The molecule has 11 rings (SSSR count). The Kier molecular flexibility index (Phi) is 7.53. The van der Waals surface area contributed by atoms with Crippen LogP contribution in [0.4, 0.5) is 28.4 Å². The molecule has 8 aromatic carbocycles. The average Bonchev–Trinajstić information content (AvgIpc) is 3.80. The first kappa shape index (κ1) is 31.8. The summed E-state index contributed by atoms with van der Waals surface area (Å²) in [5.41, 5.74) is 12.2. The molecular formula is C52H36N2S. The summed E-state index contributed by atoms with van der Waals surface area (Å²) in [6.45, 7) is 0. The highest BCUT2D eigenvalue weighted by atomic mass is 32.1. The van der Waals surface area contributed by atoms with E-state index in [2.05, 4.69) is 216 Å². The van der Waals surface area contributed by atoms with Crippen molar-refractivity contribution in [3.05, 3.63) is 212 Å². The monoisotopic (exact) mass is 720 g/mol. The van der Waals surface area contributed by atoms with Gasteiger partial charge < -0.3 is 9.80 Å². The molecule has 3 heteroatoms. The second-order valence-electron chi connectivity index (χ2n) is 14.4. The van der Waals surface area contributed by atoms with Crippen LogP contribution in [-0.2, 0) is 0 Å². The zero-order chi connectivity index (χ0) is 36.3. The number of rotatable bonds is 6. The van der Waals surface area contributed by atoms with Gasteiger partial charge in [-0.2, -0.15) is 0 Å². The van der Waals surface area contributed by atoms with E-state index in [1.807, 2.05) is 11.3 Å². The number of allylic oxidation sites excluding steroid dienone is 2. The molecule has 2 atom stereocenters. The number of hydrogen-bond acceptors (Lipinski definition) is 3. The third-order valence-electron chi connectivity index (χ3n) is 11.4. The maximum Gasteiger partial charge on any atom is 0.0629 e. The number of anilines is 5. The second kappa shape index (κ2) is 13.0. The van der Waals surface area contributed by atoms with Crippen LogP contribution in [0.3, 0.4) is 0 Å². The lowest BCUT2D eigenvalue weighted by atomic mass is 9.91. The van der Waals surface area contributed by atoms with Crippen LogP contribution in [-0.4, -0.2) is 6.04 Å². The molecular weight excluding hydrogens is 685 g/mol. The van der Waals surface area contributed by atoms with Crippen molar-refractivity contribution in [1.82, 2.24) is 0 Å². The van der Waals surface area contributed by atoms with E-state index in [1.54, 1.807) is 0 Å². The molecule has 0 saturated heterocycles. The van der Waals surface area contributed by atoms with Crippen LogP contribution in [0.15, 0.2) is 206 Å². The Hall–Kier alpha value is -6.68. The van der Waals surface area contributed by atoms with Crippen molar-refractivity contribution in [2.75, 3.05) is 9.80 Å². The van der Waals surface area contributed by atoms with Crippen molar-refractivity contribution in [3.8, 4) is 22.3 Å². The molecule has 2 nitrogen and oxygen atoms in total. The molecule has 0 spiro atoms. The summed E-state index contributed by atoms with van der Waals surface area (Å²) in [4.78, 5) is 5.00. The second-order valence-corrected chi connectivity index (χ2v) is 15.5. The fourth-order valence-electron chi connectivity index (χ4n) is 8.91. The summed E-state index contributed by atoms with van der Waals surface area (Å²) in [5.74, 6) is 0.327. The van der Waals surface area contributed by atoms with E-state index in [1.165, 1.54) is 70.1 Å². The minimum absolute atomic E-state index is 0.228. The normalized spacial score (nSPS) is 15.8. The summed E-state index contributed by atoms with van der Waals surface area (Å²) in [7, 11) is 0. The van der Waals surface area contributed by atoms with Crippen molar-refractivity contribution in [3.63, 3.8) is 0 Å². The summed E-state index contributed by atoms with van der Waals surface area (Å²) >= 11 is 1.86. The van der Waals surface area contributed by atoms with Crippen molar-refractivity contribution >= 4 is 70.7 Å². The lowest BCUT2D eigenvalue weighted by Gasteiger charge is -2.31. The largest absolute Gasteiger partial charge is 0.333 e. The molecule has 2 heterocycles. The Bertz CT molecular complexity index is 2950.